The van der Waals surface area contributed by atoms with Gasteiger partial charge in [-0.2, -0.15) is 0 Å². The van der Waals surface area contributed by atoms with E-state index in [0.717, 1.165) is 21.6 Å². The smallest absolute Gasteiger partial charge is 0.341 e. The second-order valence-corrected chi connectivity index (χ2v) is 8.66. The van der Waals surface area contributed by atoms with E-state index in [1.807, 2.05) is 39.0 Å². The van der Waals surface area contributed by atoms with E-state index in [1.165, 1.54) is 24.0 Å². The summed E-state index contributed by atoms with van der Waals surface area (Å²) in [6.07, 6.45) is 0.0870. The van der Waals surface area contributed by atoms with E-state index < -0.39 is 5.97 Å². The Balaban J connectivity index is 1.95. The van der Waals surface area contributed by atoms with Gasteiger partial charge in [-0.1, -0.05) is 24.3 Å². The van der Waals surface area contributed by atoms with Crippen LogP contribution < -0.4 is 14.8 Å². The Morgan fingerprint density at radius 3 is 2.31 bits per heavy atom. The molecule has 0 aliphatic rings. The van der Waals surface area contributed by atoms with Crippen LogP contribution in [0.4, 0.5) is 5.00 Å². The van der Waals surface area contributed by atoms with Crippen LogP contribution in [0.25, 0.3) is 11.1 Å². The molecule has 1 heterocycles. The van der Waals surface area contributed by atoms with Crippen molar-refractivity contribution in [3.8, 4) is 22.6 Å². The number of rotatable bonds is 7. The Morgan fingerprint density at radius 2 is 1.69 bits per heavy atom. The molecular formula is C25H27NO5S. The summed E-state index contributed by atoms with van der Waals surface area (Å²) in [6.45, 7) is 6.01. The summed E-state index contributed by atoms with van der Waals surface area (Å²) in [5.74, 6) is 0.461. The van der Waals surface area contributed by atoms with E-state index in [2.05, 4.69) is 5.32 Å². The van der Waals surface area contributed by atoms with Crippen molar-refractivity contribution in [2.24, 2.45) is 0 Å². The molecule has 0 bridgehead atoms. The molecule has 7 heteroatoms. The van der Waals surface area contributed by atoms with Crippen LogP contribution >= 0.6 is 11.3 Å². The van der Waals surface area contributed by atoms with Gasteiger partial charge < -0.3 is 19.5 Å². The molecule has 0 aliphatic heterocycles. The molecule has 0 spiro atoms. The normalized spacial score (nSPS) is 10.6. The maximum absolute atomic E-state index is 12.9. The van der Waals surface area contributed by atoms with Gasteiger partial charge >= 0.3 is 5.97 Å². The summed E-state index contributed by atoms with van der Waals surface area (Å²) in [6, 6.07) is 11.4. The molecule has 1 N–H and O–H groups in total. The van der Waals surface area contributed by atoms with Crippen LogP contribution in [0.2, 0.25) is 0 Å². The SMILES string of the molecule is COC(=O)c1c(NC(=O)Cc2ccc(OC)cc2OC)sc(C)c1-c1ccc(C)c(C)c1. The molecule has 0 saturated carbocycles. The summed E-state index contributed by atoms with van der Waals surface area (Å²) >= 11 is 1.36. The van der Waals surface area contributed by atoms with Crippen LogP contribution in [0.1, 0.15) is 31.9 Å². The minimum Gasteiger partial charge on any atom is -0.497 e. The van der Waals surface area contributed by atoms with E-state index in [4.69, 9.17) is 14.2 Å². The van der Waals surface area contributed by atoms with Crippen LogP contribution in [0, 0.1) is 20.8 Å². The lowest BCUT2D eigenvalue weighted by Crippen LogP contribution is -2.16. The third kappa shape index (κ3) is 4.78. The first-order chi connectivity index (χ1) is 15.3. The molecule has 0 aliphatic carbocycles. The van der Waals surface area contributed by atoms with Crippen molar-refractivity contribution in [3.05, 3.63) is 63.5 Å². The molecular weight excluding hydrogens is 426 g/mol. The predicted molar refractivity (Wildman–Crippen MR) is 127 cm³/mol. The topological polar surface area (TPSA) is 73.9 Å². The second-order valence-electron chi connectivity index (χ2n) is 7.43. The van der Waals surface area contributed by atoms with Gasteiger partial charge in [0.25, 0.3) is 0 Å². The van der Waals surface area contributed by atoms with E-state index in [1.54, 1.807) is 32.4 Å². The Hall–Kier alpha value is -3.32. The number of benzene rings is 2. The molecule has 168 valence electrons. The van der Waals surface area contributed by atoms with Crippen LogP contribution in [0.3, 0.4) is 0 Å². The minimum absolute atomic E-state index is 0.0870. The molecule has 1 amide bonds. The van der Waals surface area contributed by atoms with E-state index >= 15 is 0 Å². The quantitative estimate of drug-likeness (QED) is 0.490. The van der Waals surface area contributed by atoms with Gasteiger partial charge in [0, 0.05) is 22.1 Å². The standard InChI is InChI=1S/C25H27NO5S/c1-14-7-8-18(11-15(14)2)22-16(3)32-24(23(22)25(28)31-6)26-21(27)12-17-9-10-19(29-4)13-20(17)30-5/h7-11,13H,12H2,1-6H3,(H,26,27). The lowest BCUT2D eigenvalue weighted by molar-refractivity contribution is -0.115. The van der Waals surface area contributed by atoms with E-state index in [9.17, 15) is 9.59 Å². The van der Waals surface area contributed by atoms with E-state index in [-0.39, 0.29) is 12.3 Å². The molecule has 3 aromatic rings. The fraction of sp³-hybridized carbons (Fsp3) is 0.280. The maximum atomic E-state index is 12.9. The van der Waals surface area contributed by atoms with Crippen molar-refractivity contribution < 1.29 is 23.8 Å². The molecule has 0 atom stereocenters. The first-order valence-corrected chi connectivity index (χ1v) is 10.9. The number of aryl methyl sites for hydroxylation is 3. The number of methoxy groups -OCH3 is 3. The summed E-state index contributed by atoms with van der Waals surface area (Å²) in [4.78, 5) is 26.5. The first-order valence-electron chi connectivity index (χ1n) is 10.1. The summed E-state index contributed by atoms with van der Waals surface area (Å²) in [5, 5.41) is 3.38. The van der Waals surface area contributed by atoms with Gasteiger partial charge in [0.2, 0.25) is 5.91 Å². The first kappa shape index (κ1) is 23.3. The van der Waals surface area contributed by atoms with Crippen molar-refractivity contribution in [2.45, 2.75) is 27.2 Å². The zero-order chi connectivity index (χ0) is 23.4. The van der Waals surface area contributed by atoms with Crippen molar-refractivity contribution in [3.63, 3.8) is 0 Å². The van der Waals surface area contributed by atoms with Gasteiger partial charge in [-0.3, -0.25) is 4.79 Å². The number of hydrogen-bond acceptors (Lipinski definition) is 6. The van der Waals surface area contributed by atoms with Crippen molar-refractivity contribution in [1.82, 2.24) is 0 Å². The Morgan fingerprint density at radius 1 is 0.938 bits per heavy atom. The van der Waals surface area contributed by atoms with Crippen molar-refractivity contribution in [2.75, 3.05) is 26.6 Å². The molecule has 3 rings (SSSR count). The second kappa shape index (κ2) is 9.87. The number of nitrogens with one attached hydrogen (secondary N) is 1. The third-order valence-corrected chi connectivity index (χ3v) is 6.39. The van der Waals surface area contributed by atoms with Gasteiger partial charge in [-0.15, -0.1) is 11.3 Å². The summed E-state index contributed by atoms with van der Waals surface area (Å²) in [7, 11) is 4.46. The number of carbonyl (C=O) groups is 2. The Bertz CT molecular complexity index is 1170. The fourth-order valence-corrected chi connectivity index (χ4v) is 4.60. The number of amides is 1. The summed E-state index contributed by atoms with van der Waals surface area (Å²) < 4.78 is 15.6. The lowest BCUT2D eigenvalue weighted by Gasteiger charge is -2.11. The highest BCUT2D eigenvalue weighted by molar-refractivity contribution is 7.17. The zero-order valence-corrected chi connectivity index (χ0v) is 19.9. The van der Waals surface area contributed by atoms with Gasteiger partial charge in [-0.25, -0.2) is 4.79 Å². The highest BCUT2D eigenvalue weighted by Crippen LogP contribution is 2.41. The van der Waals surface area contributed by atoms with Crippen molar-refractivity contribution in [1.29, 1.82) is 0 Å². The molecule has 0 unspecified atom stereocenters. The highest BCUT2D eigenvalue weighted by Gasteiger charge is 2.25. The number of anilines is 1. The zero-order valence-electron chi connectivity index (χ0n) is 19.1. The predicted octanol–water partition coefficient (Wildman–Crippen LogP) is 5.33. The average Bonchev–Trinajstić information content (AvgIpc) is 3.10. The molecule has 0 radical (unpaired) electrons. The third-order valence-electron chi connectivity index (χ3n) is 5.37. The monoisotopic (exact) mass is 453 g/mol. The van der Waals surface area contributed by atoms with Crippen LogP contribution in [0.15, 0.2) is 36.4 Å². The van der Waals surface area contributed by atoms with Crippen LogP contribution in [-0.4, -0.2) is 33.2 Å². The van der Waals surface area contributed by atoms with Crippen LogP contribution in [-0.2, 0) is 16.0 Å². The largest absolute Gasteiger partial charge is 0.497 e. The molecule has 1 aromatic heterocycles. The number of thiophene rings is 1. The number of ether oxygens (including phenoxy) is 3. The van der Waals surface area contributed by atoms with Gasteiger partial charge in [0.1, 0.15) is 22.1 Å². The maximum Gasteiger partial charge on any atom is 0.341 e. The highest BCUT2D eigenvalue weighted by atomic mass is 32.1. The van der Waals surface area contributed by atoms with Crippen molar-refractivity contribution >= 4 is 28.2 Å². The van der Waals surface area contributed by atoms with Gasteiger partial charge in [0.05, 0.1) is 27.8 Å². The lowest BCUT2D eigenvalue weighted by atomic mass is 9.97. The Kier molecular flexibility index (Phi) is 7.20. The summed E-state index contributed by atoms with van der Waals surface area (Å²) in [5.41, 5.74) is 5.08. The Labute approximate surface area is 192 Å². The average molecular weight is 454 g/mol. The molecule has 0 fully saturated rings. The number of hydrogen-bond donors (Lipinski definition) is 1. The molecule has 6 nitrogen and oxygen atoms in total. The fourth-order valence-electron chi connectivity index (χ4n) is 3.52. The molecule has 2 aromatic carbocycles. The minimum atomic E-state index is -0.486. The van der Waals surface area contributed by atoms with Gasteiger partial charge in [0.15, 0.2) is 0 Å². The van der Waals surface area contributed by atoms with Crippen LogP contribution in [0.5, 0.6) is 11.5 Å². The van der Waals surface area contributed by atoms with Gasteiger partial charge in [-0.05, 0) is 43.5 Å². The number of carbonyl (C=O) groups excluding carboxylic acids is 2. The molecule has 32 heavy (non-hydrogen) atoms. The number of esters is 1. The molecule has 0 saturated heterocycles. The van der Waals surface area contributed by atoms with E-state index in [0.29, 0.717) is 27.6 Å².